The second-order valence-electron chi connectivity index (χ2n) is 13.6. The molecule has 15 heteroatoms. The SMILES string of the molecule is COc1cc(C(=O)Nc2ccccc2-n2cnc3ccccc32)cc(OC)c1OC.O=C(Nc1ccccc1-n1cnc2ccccc21)c1ccc(C(=O)O)c(-c2ncc[nH]2)c1. The number of imidazole rings is 3. The van der Waals surface area contributed by atoms with Gasteiger partial charge >= 0.3 is 5.97 Å². The highest BCUT2D eigenvalue weighted by Gasteiger charge is 2.20. The van der Waals surface area contributed by atoms with Gasteiger partial charge in [0.1, 0.15) is 18.5 Å². The summed E-state index contributed by atoms with van der Waals surface area (Å²) in [6.07, 6.45) is 6.58. The predicted octanol–water partition coefficient (Wildman–Crippen LogP) is 8.67. The second kappa shape index (κ2) is 17.6. The van der Waals surface area contributed by atoms with Gasteiger partial charge in [-0.25, -0.2) is 19.7 Å². The summed E-state index contributed by atoms with van der Waals surface area (Å²) < 4.78 is 19.9. The van der Waals surface area contributed by atoms with Gasteiger partial charge in [-0.3, -0.25) is 18.7 Å². The van der Waals surface area contributed by atoms with E-state index in [1.807, 2.05) is 100 Å². The average molecular weight is 827 g/mol. The standard InChI is InChI=1S/C24H17N5O3.C23H21N3O4/c30-23(15-9-10-16(24(31)32)17(13-15)22-25-11-12-26-22)28-19-6-2-4-8-21(19)29-14-27-18-5-1-3-7-20(18)29;1-28-20-12-15(13-21(29-2)22(20)30-3)23(27)25-17-9-5-7-11-19(17)26-14-24-16-8-4-6-10-18(16)26/h1-14H,(H,25,26)(H,28,30)(H,31,32);4-14H,1-3H3,(H,25,27). The monoisotopic (exact) mass is 826 g/mol. The Hall–Kier alpha value is -8.72. The van der Waals surface area contributed by atoms with E-state index >= 15 is 0 Å². The van der Waals surface area contributed by atoms with Crippen LogP contribution in [-0.2, 0) is 0 Å². The number of fused-ring (bicyclic) bond motifs is 2. The Morgan fingerprint density at radius 1 is 0.597 bits per heavy atom. The lowest BCUT2D eigenvalue weighted by molar-refractivity contribution is 0.0697. The van der Waals surface area contributed by atoms with Crippen LogP contribution in [0.2, 0.25) is 0 Å². The van der Waals surface area contributed by atoms with E-state index in [1.54, 1.807) is 37.1 Å². The van der Waals surface area contributed by atoms with Crippen LogP contribution in [-0.4, -0.2) is 73.3 Å². The van der Waals surface area contributed by atoms with E-state index < -0.39 is 5.97 Å². The van der Waals surface area contributed by atoms with Crippen LogP contribution >= 0.6 is 0 Å². The molecule has 3 heterocycles. The Balaban J connectivity index is 0.000000171. The zero-order valence-corrected chi connectivity index (χ0v) is 33.6. The van der Waals surface area contributed by atoms with Crippen molar-refractivity contribution in [2.24, 2.45) is 0 Å². The summed E-state index contributed by atoms with van der Waals surface area (Å²) in [6, 6.07) is 38.2. The van der Waals surface area contributed by atoms with E-state index in [9.17, 15) is 19.5 Å². The third-order valence-corrected chi connectivity index (χ3v) is 9.92. The van der Waals surface area contributed by atoms with E-state index in [2.05, 4.69) is 30.6 Å². The van der Waals surface area contributed by atoms with Crippen LogP contribution in [0.3, 0.4) is 0 Å². The van der Waals surface area contributed by atoms with Crippen molar-refractivity contribution in [1.82, 2.24) is 29.1 Å². The molecule has 0 fully saturated rings. The first kappa shape index (κ1) is 40.1. The van der Waals surface area contributed by atoms with Gasteiger partial charge in [0.15, 0.2) is 11.5 Å². The molecule has 0 saturated carbocycles. The molecule has 2 amide bonds. The van der Waals surface area contributed by atoms with E-state index in [1.165, 1.54) is 45.7 Å². The number of aromatic carboxylic acids is 1. The van der Waals surface area contributed by atoms with Crippen molar-refractivity contribution in [3.8, 4) is 40.0 Å². The summed E-state index contributed by atoms with van der Waals surface area (Å²) in [7, 11) is 4.54. The van der Waals surface area contributed by atoms with Crippen LogP contribution in [0.5, 0.6) is 17.2 Å². The first-order chi connectivity index (χ1) is 30.3. The summed E-state index contributed by atoms with van der Waals surface area (Å²) in [5, 5.41) is 15.4. The average Bonchev–Trinajstić information content (AvgIpc) is 4.10. The van der Waals surface area contributed by atoms with Crippen LogP contribution < -0.4 is 24.8 Å². The van der Waals surface area contributed by atoms with Crippen molar-refractivity contribution < 1.29 is 33.7 Å². The van der Waals surface area contributed by atoms with Crippen molar-refractivity contribution in [2.45, 2.75) is 0 Å². The Bertz CT molecular complexity index is 3060. The number of nitrogens with one attached hydrogen (secondary N) is 3. The van der Waals surface area contributed by atoms with Gasteiger partial charge in [-0.2, -0.15) is 0 Å². The summed E-state index contributed by atoms with van der Waals surface area (Å²) in [6.45, 7) is 0. The van der Waals surface area contributed by atoms with Crippen LogP contribution in [0.15, 0.2) is 152 Å². The molecule has 0 aliphatic rings. The molecule has 0 atom stereocenters. The molecule has 308 valence electrons. The highest BCUT2D eigenvalue weighted by atomic mass is 16.5. The molecule has 9 aromatic rings. The van der Waals surface area contributed by atoms with Crippen molar-refractivity contribution in [1.29, 1.82) is 0 Å². The third kappa shape index (κ3) is 8.00. The fraction of sp³-hybridized carbons (Fsp3) is 0.0638. The number of ether oxygens (including phenoxy) is 3. The molecule has 3 aromatic heterocycles. The van der Waals surface area contributed by atoms with E-state index in [0.717, 1.165) is 33.4 Å². The summed E-state index contributed by atoms with van der Waals surface area (Å²) in [5.74, 6) is -0.130. The molecule has 0 radical (unpaired) electrons. The minimum atomic E-state index is -1.10. The van der Waals surface area contributed by atoms with Gasteiger partial charge in [0.25, 0.3) is 11.8 Å². The number of amides is 2. The largest absolute Gasteiger partial charge is 0.493 e. The lowest BCUT2D eigenvalue weighted by atomic mass is 10.0. The molecule has 0 bridgehead atoms. The van der Waals surface area contributed by atoms with E-state index in [0.29, 0.717) is 51.1 Å². The highest BCUT2D eigenvalue weighted by Crippen LogP contribution is 2.38. The second-order valence-corrected chi connectivity index (χ2v) is 13.6. The van der Waals surface area contributed by atoms with Crippen LogP contribution in [0.25, 0.3) is 44.8 Å². The number of carboxylic acid groups (broad SMARTS) is 1. The van der Waals surface area contributed by atoms with Crippen molar-refractivity contribution >= 4 is 51.2 Å². The zero-order chi connectivity index (χ0) is 43.2. The Kier molecular flexibility index (Phi) is 11.4. The Morgan fingerprint density at radius 2 is 1.11 bits per heavy atom. The topological polar surface area (TPSA) is 188 Å². The van der Waals surface area contributed by atoms with Gasteiger partial charge in [-0.05, 0) is 78.9 Å². The van der Waals surface area contributed by atoms with Gasteiger partial charge in [0.05, 0.1) is 71.7 Å². The van der Waals surface area contributed by atoms with Crippen LogP contribution in [0, 0.1) is 0 Å². The molecule has 0 aliphatic heterocycles. The Morgan fingerprint density at radius 3 is 1.61 bits per heavy atom. The number of methoxy groups -OCH3 is 3. The number of anilines is 2. The Labute approximate surface area is 354 Å². The summed E-state index contributed by atoms with van der Waals surface area (Å²) in [4.78, 5) is 53.6. The van der Waals surface area contributed by atoms with Gasteiger partial charge in [-0.1, -0.05) is 48.5 Å². The fourth-order valence-electron chi connectivity index (χ4n) is 6.96. The molecule has 15 nitrogen and oxygen atoms in total. The molecule has 6 aromatic carbocycles. The lowest BCUT2D eigenvalue weighted by Gasteiger charge is -2.15. The smallest absolute Gasteiger partial charge is 0.336 e. The van der Waals surface area contributed by atoms with Gasteiger partial charge < -0.3 is 34.9 Å². The highest BCUT2D eigenvalue weighted by molar-refractivity contribution is 6.08. The van der Waals surface area contributed by atoms with E-state index in [-0.39, 0.29) is 17.4 Å². The molecule has 62 heavy (non-hydrogen) atoms. The maximum atomic E-state index is 13.1. The fourth-order valence-corrected chi connectivity index (χ4v) is 6.96. The maximum Gasteiger partial charge on any atom is 0.336 e. The lowest BCUT2D eigenvalue weighted by Crippen LogP contribution is -2.14. The molecule has 0 spiro atoms. The zero-order valence-electron chi connectivity index (χ0n) is 33.6. The van der Waals surface area contributed by atoms with Crippen molar-refractivity contribution in [3.05, 3.63) is 169 Å². The van der Waals surface area contributed by atoms with Gasteiger partial charge in [-0.15, -0.1) is 0 Å². The predicted molar refractivity (Wildman–Crippen MR) is 235 cm³/mol. The first-order valence-electron chi connectivity index (χ1n) is 19.1. The number of aromatic amines is 1. The minimum Gasteiger partial charge on any atom is -0.493 e. The maximum absolute atomic E-state index is 13.1. The molecule has 0 unspecified atom stereocenters. The van der Waals surface area contributed by atoms with Gasteiger partial charge in [0, 0.05) is 29.1 Å². The normalized spacial score (nSPS) is 10.8. The minimum absolute atomic E-state index is 0.0572. The van der Waals surface area contributed by atoms with E-state index in [4.69, 9.17) is 14.2 Å². The number of benzene rings is 6. The molecule has 9 rings (SSSR count). The molecular weight excluding hydrogens is 789 g/mol. The van der Waals surface area contributed by atoms with Crippen molar-refractivity contribution in [2.75, 3.05) is 32.0 Å². The number of carbonyl (C=O) groups excluding carboxylic acids is 2. The summed E-state index contributed by atoms with van der Waals surface area (Å²) >= 11 is 0. The molecular formula is C47H38N8O7. The molecule has 0 saturated heterocycles. The summed E-state index contributed by atoms with van der Waals surface area (Å²) in [5.41, 5.74) is 7.51. The number of carbonyl (C=O) groups is 3. The number of nitrogens with zero attached hydrogens (tertiary/aromatic N) is 5. The number of hydrogen-bond acceptors (Lipinski definition) is 9. The number of carboxylic acids is 1. The number of rotatable bonds is 11. The quantitative estimate of drug-likeness (QED) is 0.0983. The number of hydrogen-bond donors (Lipinski definition) is 4. The van der Waals surface area contributed by atoms with Crippen LogP contribution in [0.1, 0.15) is 31.1 Å². The molecule has 0 aliphatic carbocycles. The van der Waals surface area contributed by atoms with Crippen LogP contribution in [0.4, 0.5) is 11.4 Å². The number of para-hydroxylation sites is 8. The number of H-pyrrole nitrogens is 1. The number of aromatic nitrogens is 6. The molecule has 4 N–H and O–H groups in total. The van der Waals surface area contributed by atoms with Gasteiger partial charge in [0.2, 0.25) is 5.75 Å². The first-order valence-corrected chi connectivity index (χ1v) is 19.1. The third-order valence-electron chi connectivity index (χ3n) is 9.92. The van der Waals surface area contributed by atoms with Crippen molar-refractivity contribution in [3.63, 3.8) is 0 Å².